The van der Waals surface area contributed by atoms with Crippen molar-refractivity contribution in [3.05, 3.63) is 82.9 Å². The van der Waals surface area contributed by atoms with Gasteiger partial charge in [0.1, 0.15) is 5.82 Å². The average Bonchev–Trinajstić information content (AvgIpc) is 3.24. The first-order valence-electron chi connectivity index (χ1n) is 12.6. The van der Waals surface area contributed by atoms with Crippen LogP contribution in [0.25, 0.3) is 11.4 Å². The first-order chi connectivity index (χ1) is 18.9. The molecule has 0 fully saturated rings. The third-order valence-corrected chi connectivity index (χ3v) is 7.42. The third-order valence-electron chi connectivity index (χ3n) is 6.07. The highest BCUT2D eigenvalue weighted by molar-refractivity contribution is 7.92. The van der Waals surface area contributed by atoms with Gasteiger partial charge in [-0.1, -0.05) is 19.1 Å². The zero-order chi connectivity index (χ0) is 29.0. The van der Waals surface area contributed by atoms with E-state index < -0.39 is 28.0 Å². The van der Waals surface area contributed by atoms with E-state index in [1.165, 1.54) is 24.3 Å². The van der Waals surface area contributed by atoms with Gasteiger partial charge in [0.05, 0.1) is 16.2 Å². The molecule has 2 heterocycles. The smallest absolute Gasteiger partial charge is 0.338 e. The van der Waals surface area contributed by atoms with Gasteiger partial charge < -0.3 is 15.0 Å². The maximum absolute atomic E-state index is 12.8. The number of aromatic amines is 1. The Balaban J connectivity index is 1.38. The number of nitrogens with one attached hydrogen (secondary N) is 3. The number of H-pyrrole nitrogens is 1. The van der Waals surface area contributed by atoms with E-state index in [-0.39, 0.29) is 17.3 Å². The van der Waals surface area contributed by atoms with Gasteiger partial charge in [-0.05, 0) is 76.6 Å². The molecule has 4 aromatic rings. The van der Waals surface area contributed by atoms with Crippen molar-refractivity contribution in [3.63, 3.8) is 0 Å². The lowest BCUT2D eigenvalue weighted by Gasteiger charge is -2.16. The lowest BCUT2D eigenvalue weighted by Crippen LogP contribution is -2.32. The SMILES string of the molecule is CCC(OC(=O)c1ccc(-c2nc(C)c(C)[nH]2)cc1)C(=O)Nc1ccc(S(=O)(=O)Nc2nc(C)cc(C)n2)cc1. The van der Waals surface area contributed by atoms with Crippen LogP contribution in [0.3, 0.4) is 0 Å². The molecule has 40 heavy (non-hydrogen) atoms. The van der Waals surface area contributed by atoms with Crippen molar-refractivity contribution < 1.29 is 22.7 Å². The Morgan fingerprint density at radius 2 is 1.55 bits per heavy atom. The van der Waals surface area contributed by atoms with Gasteiger partial charge in [-0.25, -0.2) is 32.9 Å². The van der Waals surface area contributed by atoms with Crippen LogP contribution < -0.4 is 10.0 Å². The molecule has 2 aromatic heterocycles. The fourth-order valence-electron chi connectivity index (χ4n) is 3.86. The highest BCUT2D eigenvalue weighted by Gasteiger charge is 2.23. The van der Waals surface area contributed by atoms with Crippen LogP contribution in [0.4, 0.5) is 11.6 Å². The van der Waals surface area contributed by atoms with Crippen LogP contribution in [-0.4, -0.2) is 46.3 Å². The minimum atomic E-state index is -3.94. The summed E-state index contributed by atoms with van der Waals surface area (Å²) in [4.78, 5) is 41.3. The van der Waals surface area contributed by atoms with Crippen molar-refractivity contribution in [1.29, 1.82) is 0 Å². The van der Waals surface area contributed by atoms with Gasteiger partial charge in [-0.3, -0.25) is 4.79 Å². The Bertz CT molecular complexity index is 1610. The van der Waals surface area contributed by atoms with E-state index in [1.54, 1.807) is 51.1 Å². The van der Waals surface area contributed by atoms with E-state index >= 15 is 0 Å². The van der Waals surface area contributed by atoms with E-state index in [9.17, 15) is 18.0 Å². The zero-order valence-corrected chi connectivity index (χ0v) is 23.6. The van der Waals surface area contributed by atoms with Crippen LogP contribution in [0.1, 0.15) is 46.5 Å². The topological polar surface area (TPSA) is 156 Å². The Morgan fingerprint density at radius 1 is 0.925 bits per heavy atom. The van der Waals surface area contributed by atoms with Gasteiger partial charge >= 0.3 is 5.97 Å². The first kappa shape index (κ1) is 28.4. The summed E-state index contributed by atoms with van der Waals surface area (Å²) in [6, 6.07) is 14.1. The van der Waals surface area contributed by atoms with Gasteiger partial charge in [-0.15, -0.1) is 0 Å². The van der Waals surface area contributed by atoms with E-state index in [0.29, 0.717) is 28.5 Å². The lowest BCUT2D eigenvalue weighted by atomic mass is 10.1. The summed E-state index contributed by atoms with van der Waals surface area (Å²) in [5.41, 5.74) is 4.58. The van der Waals surface area contributed by atoms with Gasteiger partial charge in [0, 0.05) is 28.3 Å². The van der Waals surface area contributed by atoms with Crippen molar-refractivity contribution in [2.75, 3.05) is 10.0 Å². The molecule has 3 N–H and O–H groups in total. The second-order valence-corrected chi connectivity index (χ2v) is 11.0. The summed E-state index contributed by atoms with van der Waals surface area (Å²) in [6.07, 6.45) is -0.804. The molecule has 0 radical (unpaired) electrons. The number of anilines is 2. The third kappa shape index (κ3) is 6.70. The fourth-order valence-corrected chi connectivity index (χ4v) is 4.80. The van der Waals surface area contributed by atoms with Crippen molar-refractivity contribution in [3.8, 4) is 11.4 Å². The molecule has 4 rings (SSSR count). The number of aromatic nitrogens is 4. The van der Waals surface area contributed by atoms with Crippen LogP contribution in [-0.2, 0) is 19.6 Å². The van der Waals surface area contributed by atoms with Crippen LogP contribution in [0.15, 0.2) is 59.5 Å². The van der Waals surface area contributed by atoms with Crippen molar-refractivity contribution in [2.45, 2.75) is 52.0 Å². The Labute approximate surface area is 232 Å². The molecule has 0 spiro atoms. The average molecular weight is 563 g/mol. The molecule has 0 saturated carbocycles. The van der Waals surface area contributed by atoms with Crippen molar-refractivity contribution in [2.24, 2.45) is 0 Å². The van der Waals surface area contributed by atoms with Crippen LogP contribution in [0, 0.1) is 27.7 Å². The molecule has 11 nitrogen and oxygen atoms in total. The number of hydrogen-bond acceptors (Lipinski definition) is 8. The minimum absolute atomic E-state index is 0.0247. The number of esters is 1. The largest absolute Gasteiger partial charge is 0.449 e. The monoisotopic (exact) mass is 562 g/mol. The maximum atomic E-state index is 12.8. The summed E-state index contributed by atoms with van der Waals surface area (Å²) in [5, 5.41) is 2.66. The summed E-state index contributed by atoms with van der Waals surface area (Å²) in [7, 11) is -3.94. The first-order valence-corrected chi connectivity index (χ1v) is 14.0. The minimum Gasteiger partial charge on any atom is -0.449 e. The van der Waals surface area contributed by atoms with E-state index in [2.05, 4.69) is 30.0 Å². The van der Waals surface area contributed by atoms with Gasteiger partial charge in [0.15, 0.2) is 6.10 Å². The molecule has 2 aromatic carbocycles. The molecule has 1 amide bonds. The number of imidazole rings is 1. The Hall–Kier alpha value is -4.58. The summed E-state index contributed by atoms with van der Waals surface area (Å²) in [5.74, 6) is -0.495. The number of nitrogens with zero attached hydrogens (tertiary/aromatic N) is 3. The van der Waals surface area contributed by atoms with Gasteiger partial charge in [0.2, 0.25) is 5.95 Å². The van der Waals surface area contributed by atoms with Crippen molar-refractivity contribution >= 4 is 33.5 Å². The van der Waals surface area contributed by atoms with E-state index in [0.717, 1.165) is 17.0 Å². The molecule has 0 saturated heterocycles. The highest BCUT2D eigenvalue weighted by Crippen LogP contribution is 2.20. The molecule has 1 unspecified atom stereocenters. The number of carbonyl (C=O) groups is 2. The highest BCUT2D eigenvalue weighted by atomic mass is 32.2. The quantitative estimate of drug-likeness (QED) is 0.252. The molecular weight excluding hydrogens is 532 g/mol. The van der Waals surface area contributed by atoms with E-state index in [4.69, 9.17) is 4.74 Å². The van der Waals surface area contributed by atoms with Crippen LogP contribution in [0.5, 0.6) is 0 Å². The number of benzene rings is 2. The van der Waals surface area contributed by atoms with Gasteiger partial charge in [-0.2, -0.15) is 0 Å². The normalized spacial score (nSPS) is 12.0. The molecule has 0 aliphatic rings. The number of amides is 1. The predicted octanol–water partition coefficient (Wildman–Crippen LogP) is 4.48. The Kier molecular flexibility index (Phi) is 8.29. The summed E-state index contributed by atoms with van der Waals surface area (Å²) < 4.78 is 33.3. The fraction of sp³-hybridized carbons (Fsp3) is 0.250. The molecule has 0 aliphatic heterocycles. The molecule has 1 atom stereocenters. The molecule has 0 aliphatic carbocycles. The predicted molar refractivity (Wildman–Crippen MR) is 150 cm³/mol. The molecule has 208 valence electrons. The standard InChI is InChI=1S/C28H30N6O5S/c1-6-24(39-27(36)21-9-7-20(8-10-21)25-31-18(4)19(5)32-25)26(35)33-22-11-13-23(14-12-22)40(37,38)34-28-29-16(2)15-17(3)30-28/h7-15,24H,6H2,1-5H3,(H,31,32)(H,33,35)(H,29,30,34). The molecule has 0 bridgehead atoms. The van der Waals surface area contributed by atoms with Gasteiger partial charge in [0.25, 0.3) is 15.9 Å². The zero-order valence-electron chi connectivity index (χ0n) is 22.8. The number of hydrogen-bond donors (Lipinski definition) is 3. The second kappa shape index (κ2) is 11.7. The number of ether oxygens (including phenoxy) is 1. The molecule has 12 heteroatoms. The molecular formula is C28H30N6O5S. The number of carbonyl (C=O) groups excluding carboxylic acids is 2. The number of aryl methyl sites for hydroxylation is 4. The number of sulfonamides is 1. The van der Waals surface area contributed by atoms with Crippen LogP contribution >= 0.6 is 0 Å². The Morgan fingerprint density at radius 3 is 2.10 bits per heavy atom. The second-order valence-electron chi connectivity index (χ2n) is 9.27. The van der Waals surface area contributed by atoms with E-state index in [1.807, 2.05) is 13.8 Å². The lowest BCUT2D eigenvalue weighted by molar-refractivity contribution is -0.124. The van der Waals surface area contributed by atoms with Crippen molar-refractivity contribution in [1.82, 2.24) is 19.9 Å². The van der Waals surface area contributed by atoms with Crippen LogP contribution in [0.2, 0.25) is 0 Å². The maximum Gasteiger partial charge on any atom is 0.338 e. The summed E-state index contributed by atoms with van der Waals surface area (Å²) in [6.45, 7) is 9.05. The summed E-state index contributed by atoms with van der Waals surface area (Å²) >= 11 is 0. The number of rotatable bonds is 9.